The van der Waals surface area contributed by atoms with Crippen LogP contribution in [0.5, 0.6) is 11.9 Å². The third kappa shape index (κ3) is 5.30. The molecule has 7 nitrogen and oxygen atoms in total. The summed E-state index contributed by atoms with van der Waals surface area (Å²) in [6, 6.07) is 1.79. The number of hydrogen-bond acceptors (Lipinski definition) is 8. The molecule has 0 aromatic carbocycles. The second-order valence-electron chi connectivity index (χ2n) is 3.49. The van der Waals surface area contributed by atoms with E-state index in [0.29, 0.717) is 25.5 Å². The number of nitrogens with zero attached hydrogens (tertiary/aromatic N) is 2. The van der Waals surface area contributed by atoms with Crippen molar-refractivity contribution in [2.24, 2.45) is 0 Å². The van der Waals surface area contributed by atoms with Crippen LogP contribution in [-0.2, 0) is 32.2 Å². The molecule has 1 heterocycles. The molecule has 0 saturated heterocycles. The largest absolute Gasteiger partial charge is 0.467 e. The molecule has 0 fully saturated rings. The first-order chi connectivity index (χ1) is 9.56. The highest BCUT2D eigenvalue weighted by atomic mass is 32.5. The van der Waals surface area contributed by atoms with Gasteiger partial charge in [-0.25, -0.2) is 0 Å². The Labute approximate surface area is 123 Å². The van der Waals surface area contributed by atoms with Gasteiger partial charge in [-0.15, -0.1) is 0 Å². The molecule has 0 atom stereocenters. The first-order valence-electron chi connectivity index (χ1n) is 6.06. The molecule has 114 valence electrons. The zero-order valence-corrected chi connectivity index (χ0v) is 13.7. The van der Waals surface area contributed by atoms with Crippen LogP contribution in [0.15, 0.2) is 6.07 Å². The summed E-state index contributed by atoms with van der Waals surface area (Å²) in [4.78, 5) is 8.20. The van der Waals surface area contributed by atoms with Gasteiger partial charge in [-0.1, -0.05) is 0 Å². The van der Waals surface area contributed by atoms with E-state index in [0.717, 1.165) is 0 Å². The van der Waals surface area contributed by atoms with Gasteiger partial charge in [0, 0.05) is 25.0 Å². The molecule has 1 aromatic heterocycles. The summed E-state index contributed by atoms with van der Waals surface area (Å²) in [5.41, 5.74) is 0.615. The minimum absolute atomic E-state index is 0.170. The smallest absolute Gasteiger partial charge is 0.381 e. The molecule has 0 bridgehead atoms. The second-order valence-corrected chi connectivity index (χ2v) is 6.43. The van der Waals surface area contributed by atoms with E-state index >= 15 is 0 Å². The Morgan fingerprint density at radius 2 is 1.80 bits per heavy atom. The van der Waals surface area contributed by atoms with E-state index in [4.69, 9.17) is 34.9 Å². The van der Waals surface area contributed by atoms with Crippen molar-refractivity contribution in [1.82, 2.24) is 9.97 Å². The van der Waals surface area contributed by atoms with Crippen LogP contribution in [0.2, 0.25) is 0 Å². The van der Waals surface area contributed by atoms with E-state index in [9.17, 15) is 0 Å². The molecule has 0 spiro atoms. The maximum absolute atomic E-state index is 5.61. The van der Waals surface area contributed by atoms with Crippen LogP contribution in [0.1, 0.15) is 19.5 Å². The summed E-state index contributed by atoms with van der Waals surface area (Å²) in [6.45, 7) is 1.87. The van der Waals surface area contributed by atoms with E-state index in [1.807, 2.05) is 13.8 Å². The van der Waals surface area contributed by atoms with Gasteiger partial charge in [-0.05, 0) is 13.8 Å². The molecule has 0 saturated carbocycles. The third-order valence-electron chi connectivity index (χ3n) is 1.99. The molecule has 0 amide bonds. The monoisotopic (exact) mass is 322 g/mol. The molecule has 9 heteroatoms. The summed E-state index contributed by atoms with van der Waals surface area (Å²) in [5, 5.41) is 0. The highest BCUT2D eigenvalue weighted by molar-refractivity contribution is 8.07. The molecular formula is C11H19N2O5PS. The summed E-state index contributed by atoms with van der Waals surface area (Å²) < 4.78 is 26.4. The third-order valence-corrected chi connectivity index (χ3v) is 4.41. The van der Waals surface area contributed by atoms with Crippen molar-refractivity contribution in [1.29, 1.82) is 0 Å². The van der Waals surface area contributed by atoms with E-state index in [-0.39, 0.29) is 11.9 Å². The summed E-state index contributed by atoms with van der Waals surface area (Å²) in [7, 11) is 3.04. The average molecular weight is 322 g/mol. The van der Waals surface area contributed by atoms with Crippen molar-refractivity contribution in [2.45, 2.75) is 20.5 Å². The Morgan fingerprint density at radius 1 is 1.15 bits per heavy atom. The molecule has 0 aliphatic carbocycles. The van der Waals surface area contributed by atoms with Gasteiger partial charge >= 0.3 is 12.7 Å². The minimum atomic E-state index is -2.86. The van der Waals surface area contributed by atoms with E-state index < -0.39 is 6.72 Å². The lowest BCUT2D eigenvalue weighted by molar-refractivity contribution is 0.179. The van der Waals surface area contributed by atoms with Crippen LogP contribution < -0.4 is 9.26 Å². The normalized spacial score (nSPS) is 11.4. The van der Waals surface area contributed by atoms with Crippen molar-refractivity contribution in [2.75, 3.05) is 27.4 Å². The van der Waals surface area contributed by atoms with Gasteiger partial charge in [0.05, 0.1) is 32.6 Å². The average Bonchev–Trinajstić information content (AvgIpc) is 2.39. The van der Waals surface area contributed by atoms with Crippen LogP contribution in [-0.4, -0.2) is 37.4 Å². The number of ether oxygens (including phenoxy) is 2. The predicted octanol–water partition coefficient (Wildman–Crippen LogP) is 2.31. The van der Waals surface area contributed by atoms with Crippen molar-refractivity contribution in [3.05, 3.63) is 11.8 Å². The number of aromatic nitrogens is 2. The van der Waals surface area contributed by atoms with Crippen LogP contribution >= 0.6 is 6.72 Å². The lowest BCUT2D eigenvalue weighted by atomic mass is 10.4. The maximum atomic E-state index is 5.61. The Hall–Kier alpha value is -0.790. The maximum Gasteiger partial charge on any atom is 0.381 e. The number of hydrogen-bond donors (Lipinski definition) is 0. The molecule has 20 heavy (non-hydrogen) atoms. The van der Waals surface area contributed by atoms with Crippen LogP contribution in [0.25, 0.3) is 0 Å². The summed E-state index contributed by atoms with van der Waals surface area (Å²) >= 11 is 5.28. The van der Waals surface area contributed by atoms with E-state index in [1.165, 1.54) is 7.11 Å². The highest BCUT2D eigenvalue weighted by Gasteiger charge is 2.23. The molecule has 0 unspecified atom stereocenters. The molecular weight excluding hydrogens is 303 g/mol. The fourth-order valence-corrected chi connectivity index (χ4v) is 3.33. The highest BCUT2D eigenvalue weighted by Crippen LogP contribution is 2.49. The Kier molecular flexibility index (Phi) is 7.32. The quantitative estimate of drug-likeness (QED) is 0.641. The van der Waals surface area contributed by atoms with Gasteiger partial charge < -0.3 is 14.0 Å². The number of methoxy groups -OCH3 is 2. The van der Waals surface area contributed by atoms with Crippen molar-refractivity contribution < 1.29 is 23.0 Å². The van der Waals surface area contributed by atoms with Crippen molar-refractivity contribution in [3.63, 3.8) is 0 Å². The lowest BCUT2D eigenvalue weighted by Gasteiger charge is -2.20. The molecule has 0 radical (unpaired) electrons. The van der Waals surface area contributed by atoms with Gasteiger partial charge in [0.15, 0.2) is 0 Å². The fourth-order valence-electron chi connectivity index (χ4n) is 1.33. The van der Waals surface area contributed by atoms with E-state index in [2.05, 4.69) is 9.97 Å². The zero-order chi connectivity index (χ0) is 15.0. The second kappa shape index (κ2) is 8.49. The van der Waals surface area contributed by atoms with Gasteiger partial charge in [-0.2, -0.15) is 9.97 Å². The van der Waals surface area contributed by atoms with Crippen molar-refractivity contribution >= 4 is 18.5 Å². The zero-order valence-electron chi connectivity index (χ0n) is 12.0. The molecule has 1 rings (SSSR count). The standard InChI is InChI=1S/C11H19N2O5PS/c1-5-16-19(20,17-6-2)18-10-7-9(8-14-3)12-11(13-10)15-4/h7H,5-6,8H2,1-4H3. The van der Waals surface area contributed by atoms with Gasteiger partial charge in [0.25, 0.3) is 0 Å². The van der Waals surface area contributed by atoms with Crippen LogP contribution in [0.4, 0.5) is 0 Å². The predicted molar refractivity (Wildman–Crippen MR) is 77.5 cm³/mol. The number of rotatable bonds is 9. The minimum Gasteiger partial charge on any atom is -0.467 e. The van der Waals surface area contributed by atoms with Crippen LogP contribution in [0.3, 0.4) is 0 Å². The van der Waals surface area contributed by atoms with Gasteiger partial charge in [-0.3, -0.25) is 9.05 Å². The Bertz CT molecular complexity index is 464. The molecule has 0 aliphatic rings. The molecule has 0 N–H and O–H groups in total. The van der Waals surface area contributed by atoms with Crippen molar-refractivity contribution in [3.8, 4) is 11.9 Å². The van der Waals surface area contributed by atoms with E-state index in [1.54, 1.807) is 13.2 Å². The van der Waals surface area contributed by atoms with Crippen LogP contribution in [0, 0.1) is 0 Å². The topological polar surface area (TPSA) is 71.9 Å². The SMILES string of the molecule is CCOP(=S)(OCC)Oc1cc(COC)nc(OC)n1. The molecule has 0 aliphatic heterocycles. The fraction of sp³-hybridized carbons (Fsp3) is 0.636. The lowest BCUT2D eigenvalue weighted by Crippen LogP contribution is -2.05. The molecule has 1 aromatic rings. The Balaban J connectivity index is 2.99. The summed E-state index contributed by atoms with van der Waals surface area (Å²) in [5.74, 6) is 0.245. The summed E-state index contributed by atoms with van der Waals surface area (Å²) in [6.07, 6.45) is 0. The van der Waals surface area contributed by atoms with Gasteiger partial charge in [0.2, 0.25) is 5.88 Å². The van der Waals surface area contributed by atoms with Gasteiger partial charge in [0.1, 0.15) is 0 Å². The first-order valence-corrected chi connectivity index (χ1v) is 8.62. The Morgan fingerprint density at radius 3 is 2.30 bits per heavy atom. The first kappa shape index (κ1) is 17.3.